The van der Waals surface area contributed by atoms with Crippen LogP contribution in [0.5, 0.6) is 5.75 Å². The topological polar surface area (TPSA) is 54.5 Å². The molecule has 0 radical (unpaired) electrons. The van der Waals surface area contributed by atoms with E-state index in [1.54, 1.807) is 6.20 Å². The zero-order valence-electron chi connectivity index (χ0n) is 18.1. The van der Waals surface area contributed by atoms with Crippen molar-refractivity contribution in [2.45, 2.75) is 44.6 Å². The van der Waals surface area contributed by atoms with E-state index < -0.39 is 0 Å². The summed E-state index contributed by atoms with van der Waals surface area (Å²) in [6.45, 7) is 12.9. The van der Waals surface area contributed by atoms with Crippen LogP contribution in [0.4, 0.5) is 10.8 Å². The van der Waals surface area contributed by atoms with Gasteiger partial charge >= 0.3 is 0 Å². The standard InChI is InChI=1S/C21H27N3O2S2.C2H4/c1-5-7-8-9-17(6-2)16(3)24(4)19-11-10-18(14-20(19)26-15-25)28-23-21-22-12-13-27-21;1-2/h7-16H,5-6H2,1-4H3,(H,22,23);1-2H2/b8-7-,17-9+;. The minimum Gasteiger partial charge on any atom is -0.426 e. The summed E-state index contributed by atoms with van der Waals surface area (Å²) in [6.07, 6.45) is 10.1. The van der Waals surface area contributed by atoms with Gasteiger partial charge in [-0.15, -0.1) is 24.5 Å². The maximum Gasteiger partial charge on any atom is 0.298 e. The third kappa shape index (κ3) is 7.72. The Morgan fingerprint density at radius 1 is 1.40 bits per heavy atom. The fourth-order valence-corrected chi connectivity index (χ4v) is 3.96. The molecule has 1 aromatic heterocycles. The van der Waals surface area contributed by atoms with Gasteiger partial charge in [0.15, 0.2) is 10.9 Å². The van der Waals surface area contributed by atoms with Crippen LogP contribution in [0.15, 0.2) is 71.6 Å². The summed E-state index contributed by atoms with van der Waals surface area (Å²) in [7, 11) is 2.02. The molecule has 162 valence electrons. The Bertz CT molecular complexity index is 820. The first-order valence-corrected chi connectivity index (χ1v) is 11.4. The van der Waals surface area contributed by atoms with Crippen molar-refractivity contribution in [2.24, 2.45) is 0 Å². The second-order valence-corrected chi connectivity index (χ2v) is 7.88. The molecule has 0 aliphatic rings. The van der Waals surface area contributed by atoms with E-state index in [0.29, 0.717) is 12.2 Å². The number of nitrogens with one attached hydrogen (secondary N) is 1. The van der Waals surface area contributed by atoms with Gasteiger partial charge in [0, 0.05) is 29.6 Å². The van der Waals surface area contributed by atoms with Crippen molar-refractivity contribution in [3.63, 3.8) is 0 Å². The molecular weight excluding hydrogens is 414 g/mol. The fraction of sp³-hybridized carbons (Fsp3) is 0.304. The van der Waals surface area contributed by atoms with Crippen molar-refractivity contribution in [3.05, 3.63) is 66.7 Å². The fourth-order valence-electron chi connectivity index (χ4n) is 2.71. The lowest BCUT2D eigenvalue weighted by Gasteiger charge is -2.30. The Balaban J connectivity index is 0.00000218. The van der Waals surface area contributed by atoms with Crippen molar-refractivity contribution < 1.29 is 9.53 Å². The SMILES string of the molecule is C=C.CC/C=C\C=C(/CC)C(C)N(C)c1ccc(SNc2nccs2)cc1OC=O. The summed E-state index contributed by atoms with van der Waals surface area (Å²) in [5.74, 6) is 0.537. The van der Waals surface area contributed by atoms with Gasteiger partial charge < -0.3 is 14.4 Å². The molecule has 1 atom stereocenters. The molecular formula is C23H31N3O2S2. The molecule has 0 aliphatic carbocycles. The van der Waals surface area contributed by atoms with Gasteiger partial charge in [-0.25, -0.2) is 4.98 Å². The van der Waals surface area contributed by atoms with E-state index in [9.17, 15) is 4.79 Å². The Labute approximate surface area is 188 Å². The van der Waals surface area contributed by atoms with Gasteiger partial charge in [0.05, 0.1) is 5.69 Å². The number of carbonyl (C=O) groups excluding carboxylic acids is 1. The largest absolute Gasteiger partial charge is 0.426 e. The van der Waals surface area contributed by atoms with Crippen LogP contribution in [0.1, 0.15) is 33.6 Å². The first-order valence-electron chi connectivity index (χ1n) is 9.75. The number of hydrogen-bond acceptors (Lipinski definition) is 7. The minimum absolute atomic E-state index is 0.174. The predicted molar refractivity (Wildman–Crippen MR) is 132 cm³/mol. The van der Waals surface area contributed by atoms with Crippen molar-refractivity contribution in [1.29, 1.82) is 0 Å². The zero-order valence-corrected chi connectivity index (χ0v) is 19.8. The number of likely N-dealkylation sites (N-methyl/N-ethyl adjacent to an activating group) is 1. The van der Waals surface area contributed by atoms with E-state index in [1.165, 1.54) is 28.9 Å². The highest BCUT2D eigenvalue weighted by molar-refractivity contribution is 8.00. The second-order valence-electron chi connectivity index (χ2n) is 6.10. The number of allylic oxidation sites excluding steroid dienone is 3. The minimum atomic E-state index is 0.174. The molecule has 0 bridgehead atoms. The molecule has 30 heavy (non-hydrogen) atoms. The summed E-state index contributed by atoms with van der Waals surface area (Å²) in [6, 6.07) is 6.03. The van der Waals surface area contributed by atoms with Crippen LogP contribution in [0.3, 0.4) is 0 Å². The van der Waals surface area contributed by atoms with Gasteiger partial charge in [0.25, 0.3) is 6.47 Å². The molecule has 1 heterocycles. The molecule has 1 aromatic carbocycles. The van der Waals surface area contributed by atoms with Gasteiger partial charge in [-0.2, -0.15) is 0 Å². The number of aromatic nitrogens is 1. The first kappa shape index (κ1) is 25.5. The summed E-state index contributed by atoms with van der Waals surface area (Å²) < 4.78 is 8.48. The lowest BCUT2D eigenvalue weighted by molar-refractivity contribution is -0.120. The molecule has 0 saturated heterocycles. The maximum atomic E-state index is 11.0. The van der Waals surface area contributed by atoms with Crippen molar-refractivity contribution in [2.75, 3.05) is 16.7 Å². The first-order chi connectivity index (χ1) is 14.6. The molecule has 2 aromatic rings. The van der Waals surface area contributed by atoms with E-state index >= 15 is 0 Å². The molecule has 5 nitrogen and oxygen atoms in total. The molecule has 7 heteroatoms. The number of nitrogens with zero attached hydrogens (tertiary/aromatic N) is 2. The number of benzene rings is 1. The monoisotopic (exact) mass is 445 g/mol. The number of anilines is 2. The smallest absolute Gasteiger partial charge is 0.298 e. The average Bonchev–Trinajstić information content (AvgIpc) is 3.30. The molecule has 2 rings (SSSR count). The number of ether oxygens (including phenoxy) is 1. The molecule has 0 saturated carbocycles. The normalized spacial score (nSPS) is 12.1. The van der Waals surface area contributed by atoms with E-state index in [2.05, 4.69) is 66.8 Å². The van der Waals surface area contributed by atoms with Crippen LogP contribution in [0.25, 0.3) is 0 Å². The summed E-state index contributed by atoms with van der Waals surface area (Å²) >= 11 is 2.97. The second kappa shape index (κ2) is 14.5. The number of hydrogen-bond donors (Lipinski definition) is 1. The van der Waals surface area contributed by atoms with Crippen LogP contribution < -0.4 is 14.4 Å². The van der Waals surface area contributed by atoms with Gasteiger partial charge in [-0.05, 0) is 55.5 Å². The van der Waals surface area contributed by atoms with Gasteiger partial charge in [-0.1, -0.05) is 32.1 Å². The van der Waals surface area contributed by atoms with Crippen LogP contribution in [0.2, 0.25) is 0 Å². The molecule has 0 amide bonds. The third-order valence-corrected chi connectivity index (χ3v) is 5.99. The Hall–Kier alpha value is -2.51. The van der Waals surface area contributed by atoms with E-state index in [4.69, 9.17) is 4.74 Å². The number of thiazole rings is 1. The zero-order chi connectivity index (χ0) is 22.4. The van der Waals surface area contributed by atoms with Gasteiger partial charge in [0.1, 0.15) is 0 Å². The summed E-state index contributed by atoms with van der Waals surface area (Å²) in [4.78, 5) is 18.3. The number of rotatable bonds is 11. The van der Waals surface area contributed by atoms with E-state index in [-0.39, 0.29) is 6.04 Å². The lowest BCUT2D eigenvalue weighted by atomic mass is 10.0. The quantitative estimate of drug-likeness (QED) is 0.179. The Kier molecular flexibility index (Phi) is 12.3. The van der Waals surface area contributed by atoms with E-state index in [1.807, 2.05) is 30.6 Å². The maximum absolute atomic E-state index is 11.0. The van der Waals surface area contributed by atoms with Crippen LogP contribution >= 0.6 is 23.3 Å². The highest BCUT2D eigenvalue weighted by Gasteiger charge is 2.18. The Morgan fingerprint density at radius 2 is 2.17 bits per heavy atom. The lowest BCUT2D eigenvalue weighted by Crippen LogP contribution is -2.30. The molecule has 0 aliphatic heterocycles. The Morgan fingerprint density at radius 3 is 2.77 bits per heavy atom. The van der Waals surface area contributed by atoms with Crippen LogP contribution in [-0.2, 0) is 4.79 Å². The third-order valence-electron chi connectivity index (χ3n) is 4.38. The van der Waals surface area contributed by atoms with Gasteiger partial charge in [-0.3, -0.25) is 4.79 Å². The van der Waals surface area contributed by atoms with Crippen LogP contribution in [0, 0.1) is 0 Å². The molecule has 0 fully saturated rings. The van der Waals surface area contributed by atoms with Crippen molar-refractivity contribution >= 4 is 40.6 Å². The van der Waals surface area contributed by atoms with Crippen molar-refractivity contribution in [1.82, 2.24) is 4.98 Å². The summed E-state index contributed by atoms with van der Waals surface area (Å²) in [5.41, 5.74) is 2.19. The molecule has 1 unspecified atom stereocenters. The molecule has 1 N–H and O–H groups in total. The van der Waals surface area contributed by atoms with E-state index in [0.717, 1.165) is 28.6 Å². The predicted octanol–water partition coefficient (Wildman–Crippen LogP) is 6.73. The van der Waals surface area contributed by atoms with Crippen molar-refractivity contribution in [3.8, 4) is 5.75 Å². The average molecular weight is 446 g/mol. The highest BCUT2D eigenvalue weighted by atomic mass is 32.2. The highest BCUT2D eigenvalue weighted by Crippen LogP contribution is 2.35. The number of carbonyl (C=O) groups is 1. The van der Waals surface area contributed by atoms with Gasteiger partial charge in [0.2, 0.25) is 0 Å². The molecule has 0 spiro atoms. The summed E-state index contributed by atoms with van der Waals surface area (Å²) in [5, 5.41) is 2.74. The van der Waals surface area contributed by atoms with Crippen LogP contribution in [-0.4, -0.2) is 24.5 Å².